The van der Waals surface area contributed by atoms with Gasteiger partial charge < -0.3 is 5.11 Å². The number of hydrogen-bond acceptors (Lipinski definition) is 2. The minimum atomic E-state index is -0.937. The zero-order chi connectivity index (χ0) is 12.1. The summed E-state index contributed by atoms with van der Waals surface area (Å²) in [7, 11) is 0. The van der Waals surface area contributed by atoms with Crippen molar-refractivity contribution in [3.63, 3.8) is 0 Å². The van der Waals surface area contributed by atoms with Crippen LogP contribution in [0.25, 0.3) is 11.6 Å². The molecule has 0 bridgehead atoms. The highest BCUT2D eigenvalue weighted by Crippen LogP contribution is 2.17. The first-order valence-corrected chi connectivity index (χ1v) is 5.18. The van der Waals surface area contributed by atoms with Gasteiger partial charge in [0.1, 0.15) is 0 Å². The molecule has 0 aliphatic rings. The Balaban J connectivity index is 2.44. The normalized spacial score (nSPS) is 11.2. The molecule has 1 aromatic heterocycles. The standard InChI is InChI=1S/C14H11NO2/c16-14(17)13(12-4-2-1-3-5-12)10-11-6-8-15-9-7-11/h1-10H,(H,16,17)/b13-10+. The van der Waals surface area contributed by atoms with Gasteiger partial charge in [0.05, 0.1) is 5.57 Å². The molecule has 0 atom stereocenters. The van der Waals surface area contributed by atoms with E-state index >= 15 is 0 Å². The summed E-state index contributed by atoms with van der Waals surface area (Å²) in [6, 6.07) is 12.6. The molecule has 3 nitrogen and oxygen atoms in total. The lowest BCUT2D eigenvalue weighted by Crippen LogP contribution is -1.99. The van der Waals surface area contributed by atoms with E-state index in [2.05, 4.69) is 4.98 Å². The van der Waals surface area contributed by atoms with Gasteiger partial charge in [0.25, 0.3) is 0 Å². The lowest BCUT2D eigenvalue weighted by molar-refractivity contribution is -0.130. The summed E-state index contributed by atoms with van der Waals surface area (Å²) >= 11 is 0. The summed E-state index contributed by atoms with van der Waals surface area (Å²) in [6.07, 6.45) is 4.91. The van der Waals surface area contributed by atoms with Crippen molar-refractivity contribution < 1.29 is 9.90 Å². The molecule has 0 fully saturated rings. The van der Waals surface area contributed by atoms with Crippen LogP contribution >= 0.6 is 0 Å². The average molecular weight is 225 g/mol. The minimum absolute atomic E-state index is 0.275. The summed E-state index contributed by atoms with van der Waals surface area (Å²) in [5.74, 6) is -0.937. The maximum absolute atomic E-state index is 11.2. The number of carboxylic acids is 1. The summed E-state index contributed by atoms with van der Waals surface area (Å²) in [5, 5.41) is 9.20. The Hall–Kier alpha value is -2.42. The quantitative estimate of drug-likeness (QED) is 0.817. The van der Waals surface area contributed by atoms with Crippen molar-refractivity contribution >= 4 is 17.6 Å². The zero-order valence-corrected chi connectivity index (χ0v) is 9.08. The fourth-order valence-electron chi connectivity index (χ4n) is 1.51. The third-order valence-corrected chi connectivity index (χ3v) is 2.33. The number of carboxylic acid groups (broad SMARTS) is 1. The number of rotatable bonds is 3. The zero-order valence-electron chi connectivity index (χ0n) is 9.08. The summed E-state index contributed by atoms with van der Waals surface area (Å²) in [4.78, 5) is 15.1. The van der Waals surface area contributed by atoms with Crippen LogP contribution in [0.2, 0.25) is 0 Å². The third kappa shape index (κ3) is 2.78. The van der Waals surface area contributed by atoms with E-state index in [1.165, 1.54) is 0 Å². The van der Waals surface area contributed by atoms with E-state index in [1.54, 1.807) is 42.7 Å². The van der Waals surface area contributed by atoms with Gasteiger partial charge in [-0.2, -0.15) is 0 Å². The molecular formula is C14H11NO2. The predicted octanol–water partition coefficient (Wildman–Crippen LogP) is 2.71. The van der Waals surface area contributed by atoms with E-state index < -0.39 is 5.97 Å². The van der Waals surface area contributed by atoms with E-state index in [9.17, 15) is 9.90 Å². The Labute approximate surface area is 99.1 Å². The van der Waals surface area contributed by atoms with Gasteiger partial charge in [0.2, 0.25) is 0 Å². The molecule has 0 aliphatic heterocycles. The largest absolute Gasteiger partial charge is 0.478 e. The highest BCUT2D eigenvalue weighted by molar-refractivity contribution is 6.20. The molecule has 2 rings (SSSR count). The van der Waals surface area contributed by atoms with Gasteiger partial charge in [-0.1, -0.05) is 30.3 Å². The van der Waals surface area contributed by atoms with Crippen LogP contribution in [0.15, 0.2) is 54.9 Å². The molecule has 0 aliphatic carbocycles. The fourth-order valence-corrected chi connectivity index (χ4v) is 1.51. The Morgan fingerprint density at radius 2 is 1.71 bits per heavy atom. The first-order valence-electron chi connectivity index (χ1n) is 5.18. The molecule has 2 aromatic rings. The highest BCUT2D eigenvalue weighted by atomic mass is 16.4. The average Bonchev–Trinajstić information content (AvgIpc) is 2.38. The molecule has 0 saturated carbocycles. The second-order valence-corrected chi connectivity index (χ2v) is 3.51. The molecule has 0 unspecified atom stereocenters. The molecular weight excluding hydrogens is 214 g/mol. The maximum atomic E-state index is 11.2. The first-order chi connectivity index (χ1) is 8.27. The smallest absolute Gasteiger partial charge is 0.336 e. The van der Waals surface area contributed by atoms with E-state index in [-0.39, 0.29) is 5.57 Å². The Morgan fingerprint density at radius 1 is 1.06 bits per heavy atom. The van der Waals surface area contributed by atoms with Gasteiger partial charge in [-0.3, -0.25) is 4.98 Å². The van der Waals surface area contributed by atoms with Crippen LogP contribution in [0.4, 0.5) is 0 Å². The van der Waals surface area contributed by atoms with E-state index in [1.807, 2.05) is 18.2 Å². The second-order valence-electron chi connectivity index (χ2n) is 3.51. The van der Waals surface area contributed by atoms with E-state index in [0.29, 0.717) is 5.56 Å². The number of hydrogen-bond donors (Lipinski definition) is 1. The maximum Gasteiger partial charge on any atom is 0.336 e. The highest BCUT2D eigenvalue weighted by Gasteiger charge is 2.09. The van der Waals surface area contributed by atoms with Crippen LogP contribution in [0.3, 0.4) is 0 Å². The van der Waals surface area contributed by atoms with Crippen molar-refractivity contribution in [2.45, 2.75) is 0 Å². The van der Waals surface area contributed by atoms with Crippen LogP contribution in [0, 0.1) is 0 Å². The van der Waals surface area contributed by atoms with Gasteiger partial charge in [-0.05, 0) is 29.3 Å². The van der Waals surface area contributed by atoms with Crippen molar-refractivity contribution in [1.29, 1.82) is 0 Å². The lowest BCUT2D eigenvalue weighted by Gasteiger charge is -2.02. The summed E-state index contributed by atoms with van der Waals surface area (Å²) in [5.41, 5.74) is 1.79. The number of aliphatic carboxylic acids is 1. The number of aromatic nitrogens is 1. The van der Waals surface area contributed by atoms with E-state index in [0.717, 1.165) is 5.56 Å². The van der Waals surface area contributed by atoms with Crippen molar-refractivity contribution in [1.82, 2.24) is 4.98 Å². The molecule has 0 radical (unpaired) electrons. The topological polar surface area (TPSA) is 50.2 Å². The Bertz CT molecular complexity index is 533. The van der Waals surface area contributed by atoms with Crippen molar-refractivity contribution in [2.75, 3.05) is 0 Å². The molecule has 3 heteroatoms. The molecule has 0 spiro atoms. The predicted molar refractivity (Wildman–Crippen MR) is 66.2 cm³/mol. The lowest BCUT2D eigenvalue weighted by atomic mass is 10.0. The van der Waals surface area contributed by atoms with Crippen LogP contribution < -0.4 is 0 Å². The minimum Gasteiger partial charge on any atom is -0.478 e. The Kier molecular flexibility index (Phi) is 3.31. The monoisotopic (exact) mass is 225 g/mol. The van der Waals surface area contributed by atoms with Crippen molar-refractivity contribution in [2.24, 2.45) is 0 Å². The molecule has 0 saturated heterocycles. The molecule has 1 heterocycles. The number of pyridine rings is 1. The fraction of sp³-hybridized carbons (Fsp3) is 0. The molecule has 84 valence electrons. The first kappa shape index (κ1) is 11.1. The van der Waals surface area contributed by atoms with Gasteiger partial charge in [-0.15, -0.1) is 0 Å². The van der Waals surface area contributed by atoms with Gasteiger partial charge in [0.15, 0.2) is 0 Å². The molecule has 1 aromatic carbocycles. The Morgan fingerprint density at radius 3 is 2.29 bits per heavy atom. The van der Waals surface area contributed by atoms with Gasteiger partial charge in [0, 0.05) is 12.4 Å². The molecule has 0 amide bonds. The second kappa shape index (κ2) is 5.07. The molecule has 1 N–H and O–H groups in total. The number of benzene rings is 1. The number of nitrogens with zero attached hydrogens (tertiary/aromatic N) is 1. The van der Waals surface area contributed by atoms with Crippen molar-refractivity contribution in [3.05, 3.63) is 66.0 Å². The molecule has 17 heavy (non-hydrogen) atoms. The van der Waals surface area contributed by atoms with E-state index in [4.69, 9.17) is 0 Å². The van der Waals surface area contributed by atoms with Crippen LogP contribution in [0.1, 0.15) is 11.1 Å². The third-order valence-electron chi connectivity index (χ3n) is 2.33. The van der Waals surface area contributed by atoms with Crippen LogP contribution in [0.5, 0.6) is 0 Å². The van der Waals surface area contributed by atoms with Crippen LogP contribution in [-0.4, -0.2) is 16.1 Å². The van der Waals surface area contributed by atoms with Crippen molar-refractivity contribution in [3.8, 4) is 0 Å². The number of carbonyl (C=O) groups is 1. The van der Waals surface area contributed by atoms with Gasteiger partial charge >= 0.3 is 5.97 Å². The summed E-state index contributed by atoms with van der Waals surface area (Å²) in [6.45, 7) is 0. The summed E-state index contributed by atoms with van der Waals surface area (Å²) < 4.78 is 0. The van der Waals surface area contributed by atoms with Gasteiger partial charge in [-0.25, -0.2) is 4.79 Å². The SMILES string of the molecule is O=C(O)/C(=C/c1ccncc1)c1ccccc1. The van der Waals surface area contributed by atoms with Crippen LogP contribution in [-0.2, 0) is 4.79 Å².